The highest BCUT2D eigenvalue weighted by Crippen LogP contribution is 2.17. The average Bonchev–Trinajstić information content (AvgIpc) is 2.27. The van der Waals surface area contributed by atoms with E-state index in [0.29, 0.717) is 6.61 Å². The van der Waals surface area contributed by atoms with Gasteiger partial charge in [0.05, 0.1) is 12.7 Å². The van der Waals surface area contributed by atoms with Gasteiger partial charge in [0.25, 0.3) is 0 Å². The molecule has 3 heteroatoms. The Kier molecular flexibility index (Phi) is 4.81. The van der Waals surface area contributed by atoms with Crippen LogP contribution in [0.1, 0.15) is 32.4 Å². The van der Waals surface area contributed by atoms with Crippen LogP contribution in [0.5, 0.6) is 5.75 Å². The summed E-state index contributed by atoms with van der Waals surface area (Å²) in [4.78, 5) is 0. The van der Waals surface area contributed by atoms with Gasteiger partial charge >= 0.3 is 0 Å². The van der Waals surface area contributed by atoms with Crippen LogP contribution in [0.15, 0.2) is 24.3 Å². The number of rotatable bonds is 5. The van der Waals surface area contributed by atoms with Gasteiger partial charge in [0.15, 0.2) is 0 Å². The highest BCUT2D eigenvalue weighted by Gasteiger charge is 2.10. The van der Waals surface area contributed by atoms with Crippen molar-refractivity contribution in [1.29, 1.82) is 5.26 Å². The maximum absolute atomic E-state index is 9.06. The summed E-state index contributed by atoms with van der Waals surface area (Å²) in [5, 5.41) is 12.3. The molecule has 0 amide bonds. The maximum Gasteiger partial charge on any atom is 0.121 e. The zero-order valence-electron chi connectivity index (χ0n) is 10.0. The fraction of sp³-hybridized carbons (Fsp3) is 0.462. The van der Waals surface area contributed by atoms with E-state index in [1.54, 1.807) is 0 Å². The van der Waals surface area contributed by atoms with Crippen LogP contribution in [0.25, 0.3) is 0 Å². The summed E-state index contributed by atoms with van der Waals surface area (Å²) in [6, 6.07) is 9.92. The number of nitrogens with one attached hydrogen (secondary N) is 1. The lowest BCUT2D eigenvalue weighted by atomic mass is 10.1. The predicted octanol–water partition coefficient (Wildman–Crippen LogP) is 2.65. The monoisotopic (exact) mass is 218 g/mol. The van der Waals surface area contributed by atoms with Crippen molar-refractivity contribution in [1.82, 2.24) is 5.32 Å². The molecule has 1 unspecified atom stereocenters. The van der Waals surface area contributed by atoms with Gasteiger partial charge in [-0.1, -0.05) is 12.1 Å². The van der Waals surface area contributed by atoms with E-state index in [-0.39, 0.29) is 12.1 Å². The molecule has 0 aliphatic heterocycles. The third-order valence-corrected chi connectivity index (χ3v) is 2.15. The summed E-state index contributed by atoms with van der Waals surface area (Å²) in [7, 11) is 0. The maximum atomic E-state index is 9.06. The van der Waals surface area contributed by atoms with Crippen LogP contribution in [0.3, 0.4) is 0 Å². The van der Waals surface area contributed by atoms with Gasteiger partial charge in [-0.25, -0.2) is 0 Å². The average molecular weight is 218 g/mol. The molecule has 0 aliphatic rings. The minimum Gasteiger partial charge on any atom is -0.494 e. The van der Waals surface area contributed by atoms with E-state index in [1.165, 1.54) is 0 Å². The topological polar surface area (TPSA) is 45.0 Å². The Morgan fingerprint density at radius 1 is 1.31 bits per heavy atom. The van der Waals surface area contributed by atoms with Crippen molar-refractivity contribution in [2.24, 2.45) is 0 Å². The Hall–Kier alpha value is -1.53. The Labute approximate surface area is 97.0 Å². The Balaban J connectivity index is 2.75. The molecule has 1 rings (SSSR count). The molecule has 0 radical (unpaired) electrons. The lowest BCUT2D eigenvalue weighted by molar-refractivity contribution is 0.340. The summed E-state index contributed by atoms with van der Waals surface area (Å²) < 4.78 is 5.35. The molecule has 1 N–H and O–H groups in total. The number of hydrogen-bond acceptors (Lipinski definition) is 3. The van der Waals surface area contributed by atoms with E-state index < -0.39 is 0 Å². The minimum atomic E-state index is -0.254. The molecule has 3 nitrogen and oxygen atoms in total. The molecule has 0 aromatic heterocycles. The molecule has 1 atom stereocenters. The summed E-state index contributed by atoms with van der Waals surface area (Å²) in [6.07, 6.45) is 0. The van der Waals surface area contributed by atoms with E-state index in [2.05, 4.69) is 11.4 Å². The smallest absolute Gasteiger partial charge is 0.121 e. The van der Waals surface area contributed by atoms with Crippen molar-refractivity contribution in [3.63, 3.8) is 0 Å². The van der Waals surface area contributed by atoms with Crippen LogP contribution in [-0.2, 0) is 0 Å². The second-order valence-corrected chi connectivity index (χ2v) is 3.89. The molecule has 0 spiro atoms. The van der Waals surface area contributed by atoms with Gasteiger partial charge in [0.2, 0.25) is 0 Å². The Morgan fingerprint density at radius 2 is 1.94 bits per heavy atom. The van der Waals surface area contributed by atoms with Crippen LogP contribution in [-0.4, -0.2) is 12.6 Å². The van der Waals surface area contributed by atoms with Crippen LogP contribution >= 0.6 is 0 Å². The number of nitriles is 1. The van der Waals surface area contributed by atoms with E-state index in [1.807, 2.05) is 45.0 Å². The van der Waals surface area contributed by atoms with Gasteiger partial charge in [-0.05, 0) is 38.5 Å². The molecule has 0 saturated heterocycles. The standard InChI is InChI=1S/C13H18N2O/c1-4-16-12-7-5-11(6-8-12)13(9-14)15-10(2)3/h5-8,10,13,15H,4H2,1-3H3. The molecule has 16 heavy (non-hydrogen) atoms. The van der Waals surface area contributed by atoms with Gasteiger partial charge < -0.3 is 4.74 Å². The highest BCUT2D eigenvalue weighted by molar-refractivity contribution is 5.31. The zero-order valence-corrected chi connectivity index (χ0v) is 10.0. The largest absolute Gasteiger partial charge is 0.494 e. The van der Waals surface area contributed by atoms with E-state index in [0.717, 1.165) is 11.3 Å². The van der Waals surface area contributed by atoms with Crippen molar-refractivity contribution in [3.8, 4) is 11.8 Å². The zero-order chi connectivity index (χ0) is 12.0. The normalized spacial score (nSPS) is 12.2. The summed E-state index contributed by atoms with van der Waals surface area (Å²) in [5.41, 5.74) is 0.972. The number of hydrogen-bond donors (Lipinski definition) is 1. The van der Waals surface area contributed by atoms with Crippen LogP contribution in [0.4, 0.5) is 0 Å². The Morgan fingerprint density at radius 3 is 2.38 bits per heavy atom. The fourth-order valence-corrected chi connectivity index (χ4v) is 1.46. The molecule has 86 valence electrons. The first-order valence-electron chi connectivity index (χ1n) is 5.55. The molecule has 0 saturated carbocycles. The lowest BCUT2D eigenvalue weighted by Crippen LogP contribution is -2.27. The summed E-state index contributed by atoms with van der Waals surface area (Å²) in [5.74, 6) is 0.840. The van der Waals surface area contributed by atoms with Gasteiger partial charge in [0, 0.05) is 6.04 Å². The first kappa shape index (κ1) is 12.5. The first-order valence-corrected chi connectivity index (χ1v) is 5.55. The first-order chi connectivity index (χ1) is 7.67. The molecule has 0 bridgehead atoms. The lowest BCUT2D eigenvalue weighted by Gasteiger charge is -2.15. The van der Waals surface area contributed by atoms with Crippen LogP contribution < -0.4 is 10.1 Å². The third-order valence-electron chi connectivity index (χ3n) is 2.15. The summed E-state index contributed by atoms with van der Waals surface area (Å²) >= 11 is 0. The molecular formula is C13H18N2O. The fourth-order valence-electron chi connectivity index (χ4n) is 1.46. The van der Waals surface area contributed by atoms with Crippen molar-refractivity contribution < 1.29 is 4.74 Å². The predicted molar refractivity (Wildman–Crippen MR) is 64.2 cm³/mol. The van der Waals surface area contributed by atoms with Gasteiger partial charge in [-0.3, -0.25) is 5.32 Å². The van der Waals surface area contributed by atoms with Crippen molar-refractivity contribution in [3.05, 3.63) is 29.8 Å². The minimum absolute atomic E-state index is 0.254. The molecule has 0 aliphatic carbocycles. The van der Waals surface area contributed by atoms with Gasteiger partial charge in [0.1, 0.15) is 11.8 Å². The van der Waals surface area contributed by atoms with Gasteiger partial charge in [-0.15, -0.1) is 0 Å². The third kappa shape index (κ3) is 3.56. The second kappa shape index (κ2) is 6.14. The number of ether oxygens (including phenoxy) is 1. The molecular weight excluding hydrogens is 200 g/mol. The summed E-state index contributed by atoms with van der Waals surface area (Å²) in [6.45, 7) is 6.66. The van der Waals surface area contributed by atoms with Crippen LogP contribution in [0, 0.1) is 11.3 Å². The van der Waals surface area contributed by atoms with Crippen molar-refractivity contribution in [2.45, 2.75) is 32.9 Å². The van der Waals surface area contributed by atoms with E-state index in [9.17, 15) is 0 Å². The number of benzene rings is 1. The highest BCUT2D eigenvalue weighted by atomic mass is 16.5. The van der Waals surface area contributed by atoms with Crippen molar-refractivity contribution >= 4 is 0 Å². The number of nitrogens with zero attached hydrogens (tertiary/aromatic N) is 1. The SMILES string of the molecule is CCOc1ccc(C(C#N)NC(C)C)cc1. The Bertz CT molecular complexity index is 351. The van der Waals surface area contributed by atoms with E-state index in [4.69, 9.17) is 10.00 Å². The molecule has 0 fully saturated rings. The second-order valence-electron chi connectivity index (χ2n) is 3.89. The quantitative estimate of drug-likeness (QED) is 0.826. The molecule has 1 aromatic rings. The molecule has 1 aromatic carbocycles. The molecule has 0 heterocycles. The van der Waals surface area contributed by atoms with E-state index >= 15 is 0 Å². The van der Waals surface area contributed by atoms with Gasteiger partial charge in [-0.2, -0.15) is 5.26 Å². The van der Waals surface area contributed by atoms with Crippen molar-refractivity contribution in [2.75, 3.05) is 6.61 Å². The van der Waals surface area contributed by atoms with Crippen LogP contribution in [0.2, 0.25) is 0 Å².